The molecule has 1 saturated heterocycles. The number of benzene rings is 1. The van der Waals surface area contributed by atoms with E-state index in [0.717, 1.165) is 18.7 Å². The van der Waals surface area contributed by atoms with E-state index in [1.165, 1.54) is 23.9 Å². The Balaban J connectivity index is 1.48. The van der Waals surface area contributed by atoms with Crippen LogP contribution < -0.4 is 10.6 Å². The Bertz CT molecular complexity index is 1440. The van der Waals surface area contributed by atoms with E-state index in [1.807, 2.05) is 27.7 Å². The molecule has 2 N–H and O–H groups in total. The first-order chi connectivity index (χ1) is 18.9. The number of aryl methyl sites for hydroxylation is 1. The molecule has 3 aromatic rings. The molecule has 0 bridgehead atoms. The van der Waals surface area contributed by atoms with E-state index in [0.29, 0.717) is 34.7 Å². The molecule has 0 radical (unpaired) electrons. The van der Waals surface area contributed by atoms with Crippen LogP contribution in [0.5, 0.6) is 0 Å². The summed E-state index contributed by atoms with van der Waals surface area (Å²) in [6.07, 6.45) is 6.74. The third kappa shape index (κ3) is 6.72. The average molecular weight is 543 g/mol. The monoisotopic (exact) mass is 542 g/mol. The molecule has 1 aliphatic heterocycles. The van der Waals surface area contributed by atoms with Crippen LogP contribution in [0.4, 0.5) is 5.69 Å². The lowest BCUT2D eigenvalue weighted by atomic mass is 9.85. The van der Waals surface area contributed by atoms with Gasteiger partial charge in [0.25, 0.3) is 11.8 Å². The van der Waals surface area contributed by atoms with E-state index < -0.39 is 0 Å². The van der Waals surface area contributed by atoms with Crippen LogP contribution in [0.15, 0.2) is 36.7 Å². The SMILES string of the molecule is Cc1ncc(NC(=O)c2cc(C#N)cc(C(C)(C)C)c2)cc1-n1cc(C(=O)NCC(C)(C)N2CCCCC2)nn1. The van der Waals surface area contributed by atoms with Gasteiger partial charge in [-0.25, -0.2) is 4.68 Å². The lowest BCUT2D eigenvalue weighted by molar-refractivity contribution is 0.0794. The van der Waals surface area contributed by atoms with Crippen LogP contribution in [0, 0.1) is 18.3 Å². The predicted octanol–water partition coefficient (Wildman–Crippen LogP) is 4.39. The summed E-state index contributed by atoms with van der Waals surface area (Å²) in [6, 6.07) is 9.04. The van der Waals surface area contributed by atoms with Crippen molar-refractivity contribution in [3.63, 3.8) is 0 Å². The van der Waals surface area contributed by atoms with Gasteiger partial charge in [-0.15, -0.1) is 5.10 Å². The van der Waals surface area contributed by atoms with E-state index in [2.05, 4.69) is 50.7 Å². The van der Waals surface area contributed by atoms with Crippen molar-refractivity contribution in [2.24, 2.45) is 0 Å². The lowest BCUT2D eigenvalue weighted by Gasteiger charge is -2.41. The Morgan fingerprint density at radius 2 is 1.75 bits per heavy atom. The fourth-order valence-corrected chi connectivity index (χ4v) is 4.77. The van der Waals surface area contributed by atoms with Gasteiger partial charge in [0.05, 0.1) is 41.1 Å². The number of aromatic nitrogens is 4. The molecule has 40 heavy (non-hydrogen) atoms. The highest BCUT2D eigenvalue weighted by Gasteiger charge is 2.29. The summed E-state index contributed by atoms with van der Waals surface area (Å²) in [4.78, 5) is 32.8. The summed E-state index contributed by atoms with van der Waals surface area (Å²) in [6.45, 7) is 14.8. The molecular formula is C30H38N8O2. The van der Waals surface area contributed by atoms with E-state index in [4.69, 9.17) is 0 Å². The number of likely N-dealkylation sites (tertiary alicyclic amines) is 1. The number of piperidine rings is 1. The van der Waals surface area contributed by atoms with Gasteiger partial charge in [0, 0.05) is 17.6 Å². The molecule has 1 aromatic carbocycles. The third-order valence-corrected chi connectivity index (χ3v) is 7.37. The second kappa shape index (κ2) is 11.6. The highest BCUT2D eigenvalue weighted by molar-refractivity contribution is 6.04. The van der Waals surface area contributed by atoms with E-state index in [9.17, 15) is 14.9 Å². The number of anilines is 1. The fourth-order valence-electron chi connectivity index (χ4n) is 4.77. The highest BCUT2D eigenvalue weighted by Crippen LogP contribution is 2.25. The highest BCUT2D eigenvalue weighted by atomic mass is 16.2. The molecule has 2 aromatic heterocycles. The first-order valence-corrected chi connectivity index (χ1v) is 13.7. The van der Waals surface area contributed by atoms with Crippen LogP contribution in [-0.4, -0.2) is 61.9 Å². The summed E-state index contributed by atoms with van der Waals surface area (Å²) >= 11 is 0. The van der Waals surface area contributed by atoms with Crippen LogP contribution in [0.25, 0.3) is 5.69 Å². The maximum Gasteiger partial charge on any atom is 0.273 e. The zero-order valence-electron chi connectivity index (χ0n) is 24.2. The molecule has 3 heterocycles. The van der Waals surface area contributed by atoms with Gasteiger partial charge in [0.1, 0.15) is 0 Å². The van der Waals surface area contributed by atoms with Crippen LogP contribution in [0.1, 0.15) is 91.5 Å². The molecule has 0 unspecified atom stereocenters. The second-order valence-corrected chi connectivity index (χ2v) is 12.0. The quantitative estimate of drug-likeness (QED) is 0.453. The fraction of sp³-hybridized carbons (Fsp3) is 0.467. The van der Waals surface area contributed by atoms with Crippen molar-refractivity contribution in [3.05, 3.63) is 64.7 Å². The Labute approximate surface area is 235 Å². The van der Waals surface area contributed by atoms with Gasteiger partial charge < -0.3 is 10.6 Å². The number of hydrogen-bond acceptors (Lipinski definition) is 7. The van der Waals surface area contributed by atoms with Gasteiger partial charge in [0.15, 0.2) is 5.69 Å². The van der Waals surface area contributed by atoms with Crippen molar-refractivity contribution < 1.29 is 9.59 Å². The molecule has 1 fully saturated rings. The maximum absolute atomic E-state index is 13.1. The van der Waals surface area contributed by atoms with Gasteiger partial charge in [-0.2, -0.15) is 5.26 Å². The number of amides is 2. The lowest BCUT2D eigenvalue weighted by Crippen LogP contribution is -2.53. The molecular weight excluding hydrogens is 504 g/mol. The summed E-state index contributed by atoms with van der Waals surface area (Å²) in [5.41, 5.74) is 3.22. The van der Waals surface area contributed by atoms with Crippen LogP contribution in [0.2, 0.25) is 0 Å². The minimum atomic E-state index is -0.353. The number of nitrogens with zero attached hydrogens (tertiary/aromatic N) is 6. The Hall–Kier alpha value is -4.10. The molecule has 0 atom stereocenters. The van der Waals surface area contributed by atoms with Crippen molar-refractivity contribution >= 4 is 17.5 Å². The number of pyridine rings is 1. The first kappa shape index (κ1) is 28.9. The largest absolute Gasteiger partial charge is 0.349 e. The topological polar surface area (TPSA) is 129 Å². The number of rotatable bonds is 7. The number of carbonyl (C=O) groups is 2. The molecule has 10 heteroatoms. The average Bonchev–Trinajstić information content (AvgIpc) is 3.43. The molecule has 0 saturated carbocycles. The van der Waals surface area contributed by atoms with Gasteiger partial charge in [-0.3, -0.25) is 19.5 Å². The van der Waals surface area contributed by atoms with E-state index in [-0.39, 0.29) is 28.5 Å². The van der Waals surface area contributed by atoms with Crippen LogP contribution >= 0.6 is 0 Å². The molecule has 210 valence electrons. The van der Waals surface area contributed by atoms with Crippen molar-refractivity contribution in [1.29, 1.82) is 5.26 Å². The van der Waals surface area contributed by atoms with Crippen molar-refractivity contribution in [2.75, 3.05) is 25.0 Å². The molecule has 0 spiro atoms. The van der Waals surface area contributed by atoms with Crippen LogP contribution in [-0.2, 0) is 5.41 Å². The van der Waals surface area contributed by atoms with E-state index in [1.54, 1.807) is 36.7 Å². The van der Waals surface area contributed by atoms with E-state index >= 15 is 0 Å². The summed E-state index contributed by atoms with van der Waals surface area (Å²) < 4.78 is 1.48. The zero-order chi connectivity index (χ0) is 29.1. The summed E-state index contributed by atoms with van der Waals surface area (Å²) in [7, 11) is 0. The molecule has 4 rings (SSSR count). The summed E-state index contributed by atoms with van der Waals surface area (Å²) in [5, 5.41) is 23.6. The van der Waals surface area contributed by atoms with Crippen molar-refractivity contribution in [1.82, 2.24) is 30.2 Å². The molecule has 10 nitrogen and oxygen atoms in total. The minimum absolute atomic E-state index is 0.153. The Morgan fingerprint density at radius 3 is 2.42 bits per heavy atom. The Kier molecular flexibility index (Phi) is 8.35. The van der Waals surface area contributed by atoms with Gasteiger partial charge in [-0.05, 0) is 81.9 Å². The minimum Gasteiger partial charge on any atom is -0.349 e. The molecule has 2 amide bonds. The van der Waals surface area contributed by atoms with Gasteiger partial charge in [0.2, 0.25) is 0 Å². The zero-order valence-corrected chi connectivity index (χ0v) is 24.2. The molecule has 1 aliphatic rings. The Morgan fingerprint density at radius 1 is 1.02 bits per heavy atom. The van der Waals surface area contributed by atoms with Gasteiger partial charge >= 0.3 is 0 Å². The number of carbonyl (C=O) groups excluding carboxylic acids is 2. The standard InChI is InChI=1S/C30H38N8O2/c1-20-26(38-18-25(35-36-38)28(40)33-19-30(5,6)37-10-8-7-9-11-37)15-24(17-32-20)34-27(39)22-12-21(16-31)13-23(14-22)29(2,3)4/h12-15,17-18H,7-11,19H2,1-6H3,(H,33,40)(H,34,39). The summed E-state index contributed by atoms with van der Waals surface area (Å²) in [5.74, 6) is -0.646. The smallest absolute Gasteiger partial charge is 0.273 e. The number of nitriles is 1. The first-order valence-electron chi connectivity index (χ1n) is 13.7. The molecule has 0 aliphatic carbocycles. The second-order valence-electron chi connectivity index (χ2n) is 12.0. The maximum atomic E-state index is 13.1. The van der Waals surface area contributed by atoms with Gasteiger partial charge in [-0.1, -0.05) is 32.4 Å². The van der Waals surface area contributed by atoms with Crippen molar-refractivity contribution in [2.45, 2.75) is 71.8 Å². The number of hydrogen-bond donors (Lipinski definition) is 2. The third-order valence-electron chi connectivity index (χ3n) is 7.37. The predicted molar refractivity (Wildman–Crippen MR) is 154 cm³/mol. The van der Waals surface area contributed by atoms with Crippen molar-refractivity contribution in [3.8, 4) is 11.8 Å². The van der Waals surface area contributed by atoms with Crippen LogP contribution in [0.3, 0.4) is 0 Å². The number of nitrogens with one attached hydrogen (secondary N) is 2. The normalized spacial score (nSPS) is 14.4.